The lowest BCUT2D eigenvalue weighted by molar-refractivity contribution is -0.119. The predicted octanol–water partition coefficient (Wildman–Crippen LogP) is 1.16. The standard InChI is InChI=1S/C11H15ClN4O/c12-7-5-15-6-8(13)10(7)16-4-2-1-3-9(16)11(14)17/h5-6,9H,1-4,13H2,(H2,14,17). The molecule has 17 heavy (non-hydrogen) atoms. The molecule has 5 nitrogen and oxygen atoms in total. The topological polar surface area (TPSA) is 85.2 Å². The van der Waals surface area contributed by atoms with Crippen LogP contribution in [0.25, 0.3) is 0 Å². The number of aromatic nitrogens is 1. The molecular weight excluding hydrogens is 240 g/mol. The van der Waals surface area contributed by atoms with Gasteiger partial charge in [0, 0.05) is 12.7 Å². The second-order valence-corrected chi connectivity index (χ2v) is 4.57. The van der Waals surface area contributed by atoms with Crippen LogP contribution in [0.5, 0.6) is 0 Å². The zero-order valence-corrected chi connectivity index (χ0v) is 10.2. The van der Waals surface area contributed by atoms with E-state index >= 15 is 0 Å². The Morgan fingerprint density at radius 1 is 1.47 bits per heavy atom. The van der Waals surface area contributed by atoms with E-state index in [1.165, 1.54) is 12.4 Å². The van der Waals surface area contributed by atoms with Crippen molar-refractivity contribution in [3.8, 4) is 0 Å². The Labute approximate surface area is 105 Å². The summed E-state index contributed by atoms with van der Waals surface area (Å²) in [6.45, 7) is 0.738. The van der Waals surface area contributed by atoms with Crippen molar-refractivity contribution in [1.82, 2.24) is 4.98 Å². The van der Waals surface area contributed by atoms with Crippen LogP contribution in [0, 0.1) is 0 Å². The molecule has 1 aliphatic heterocycles. The highest BCUT2D eigenvalue weighted by Gasteiger charge is 2.29. The van der Waals surface area contributed by atoms with Crippen LogP contribution in [-0.2, 0) is 4.79 Å². The minimum absolute atomic E-state index is 0.328. The summed E-state index contributed by atoms with van der Waals surface area (Å²) in [6.07, 6.45) is 5.80. The molecule has 0 saturated carbocycles. The van der Waals surface area contributed by atoms with Crippen molar-refractivity contribution in [2.75, 3.05) is 17.2 Å². The smallest absolute Gasteiger partial charge is 0.240 e. The lowest BCUT2D eigenvalue weighted by Crippen LogP contribution is -2.48. The van der Waals surface area contributed by atoms with Crippen molar-refractivity contribution >= 4 is 28.9 Å². The maximum atomic E-state index is 11.4. The second-order valence-electron chi connectivity index (χ2n) is 4.17. The average molecular weight is 255 g/mol. The molecule has 1 unspecified atom stereocenters. The molecule has 0 aromatic carbocycles. The minimum Gasteiger partial charge on any atom is -0.396 e. The summed E-state index contributed by atoms with van der Waals surface area (Å²) < 4.78 is 0. The predicted molar refractivity (Wildman–Crippen MR) is 67.8 cm³/mol. The van der Waals surface area contributed by atoms with E-state index in [1.54, 1.807) is 0 Å². The number of nitrogen functional groups attached to an aromatic ring is 1. The third-order valence-corrected chi connectivity index (χ3v) is 3.30. The molecule has 0 bridgehead atoms. The lowest BCUT2D eigenvalue weighted by Gasteiger charge is -2.36. The Balaban J connectivity index is 2.39. The quantitative estimate of drug-likeness (QED) is 0.829. The molecule has 6 heteroatoms. The van der Waals surface area contributed by atoms with Crippen LogP contribution in [0.3, 0.4) is 0 Å². The fraction of sp³-hybridized carbons (Fsp3) is 0.455. The van der Waals surface area contributed by atoms with Gasteiger partial charge >= 0.3 is 0 Å². The zero-order chi connectivity index (χ0) is 12.4. The van der Waals surface area contributed by atoms with Crippen molar-refractivity contribution in [1.29, 1.82) is 0 Å². The minimum atomic E-state index is -0.336. The molecule has 0 aliphatic carbocycles. The van der Waals surface area contributed by atoms with E-state index in [4.69, 9.17) is 23.1 Å². The Kier molecular flexibility index (Phi) is 3.38. The van der Waals surface area contributed by atoms with Crippen molar-refractivity contribution in [2.45, 2.75) is 25.3 Å². The number of piperidine rings is 1. The van der Waals surface area contributed by atoms with E-state index in [0.29, 0.717) is 16.4 Å². The van der Waals surface area contributed by atoms with Gasteiger partial charge in [-0.25, -0.2) is 0 Å². The second kappa shape index (κ2) is 4.79. The summed E-state index contributed by atoms with van der Waals surface area (Å²) in [5.74, 6) is -0.336. The number of pyridine rings is 1. The number of nitrogens with two attached hydrogens (primary N) is 2. The molecule has 2 rings (SSSR count). The number of anilines is 2. The summed E-state index contributed by atoms with van der Waals surface area (Å²) in [5.41, 5.74) is 12.4. The first-order chi connectivity index (χ1) is 8.11. The summed E-state index contributed by atoms with van der Waals surface area (Å²) in [4.78, 5) is 17.2. The summed E-state index contributed by atoms with van der Waals surface area (Å²) in [7, 11) is 0. The van der Waals surface area contributed by atoms with Gasteiger partial charge in [0.15, 0.2) is 0 Å². The highest BCUT2D eigenvalue weighted by Crippen LogP contribution is 2.35. The number of nitrogens with zero attached hydrogens (tertiary/aromatic N) is 2. The van der Waals surface area contributed by atoms with Gasteiger partial charge in [-0.1, -0.05) is 11.6 Å². The molecule has 1 aromatic heterocycles. The maximum Gasteiger partial charge on any atom is 0.240 e. The zero-order valence-electron chi connectivity index (χ0n) is 9.40. The third kappa shape index (κ3) is 2.29. The third-order valence-electron chi connectivity index (χ3n) is 3.02. The average Bonchev–Trinajstić information content (AvgIpc) is 2.29. The fourth-order valence-corrected chi connectivity index (χ4v) is 2.52. The summed E-state index contributed by atoms with van der Waals surface area (Å²) in [5, 5.41) is 0.457. The molecule has 1 saturated heterocycles. The van der Waals surface area contributed by atoms with Gasteiger partial charge in [0.2, 0.25) is 5.91 Å². The van der Waals surface area contributed by atoms with Crippen LogP contribution < -0.4 is 16.4 Å². The number of hydrogen-bond acceptors (Lipinski definition) is 4. The number of halogens is 1. The first kappa shape index (κ1) is 12.0. The Morgan fingerprint density at radius 3 is 2.88 bits per heavy atom. The van der Waals surface area contributed by atoms with E-state index in [1.807, 2.05) is 4.90 Å². The highest BCUT2D eigenvalue weighted by molar-refractivity contribution is 6.33. The normalized spacial score (nSPS) is 20.3. The highest BCUT2D eigenvalue weighted by atomic mass is 35.5. The van der Waals surface area contributed by atoms with Crippen molar-refractivity contribution in [3.05, 3.63) is 17.4 Å². The van der Waals surface area contributed by atoms with Gasteiger partial charge < -0.3 is 16.4 Å². The Morgan fingerprint density at radius 2 is 2.24 bits per heavy atom. The number of hydrogen-bond donors (Lipinski definition) is 2. The van der Waals surface area contributed by atoms with Crippen molar-refractivity contribution in [2.24, 2.45) is 5.73 Å². The first-order valence-corrected chi connectivity index (χ1v) is 5.94. The molecule has 0 spiro atoms. The molecule has 1 amide bonds. The largest absolute Gasteiger partial charge is 0.396 e. The van der Waals surface area contributed by atoms with Gasteiger partial charge in [-0.05, 0) is 19.3 Å². The van der Waals surface area contributed by atoms with Crippen LogP contribution in [0.2, 0.25) is 5.02 Å². The van der Waals surface area contributed by atoms with E-state index in [2.05, 4.69) is 4.98 Å². The van der Waals surface area contributed by atoms with Crippen LogP contribution in [-0.4, -0.2) is 23.5 Å². The van der Waals surface area contributed by atoms with Crippen molar-refractivity contribution in [3.63, 3.8) is 0 Å². The van der Waals surface area contributed by atoms with Crippen molar-refractivity contribution < 1.29 is 4.79 Å². The van der Waals surface area contributed by atoms with Crippen LogP contribution in [0.15, 0.2) is 12.4 Å². The molecule has 4 N–H and O–H groups in total. The molecule has 2 heterocycles. The Hall–Kier alpha value is -1.49. The lowest BCUT2D eigenvalue weighted by atomic mass is 10.0. The van der Waals surface area contributed by atoms with Gasteiger partial charge in [0.05, 0.1) is 22.6 Å². The first-order valence-electron chi connectivity index (χ1n) is 5.56. The monoisotopic (exact) mass is 254 g/mol. The fourth-order valence-electron chi connectivity index (χ4n) is 2.24. The number of primary amides is 1. The molecule has 0 radical (unpaired) electrons. The van der Waals surface area contributed by atoms with Gasteiger partial charge in [-0.2, -0.15) is 0 Å². The van der Waals surface area contributed by atoms with Gasteiger partial charge in [-0.3, -0.25) is 9.78 Å². The SMILES string of the molecule is NC(=O)C1CCCCN1c1c(N)cncc1Cl. The molecule has 92 valence electrons. The Bertz CT molecular complexity index is 417. The van der Waals surface area contributed by atoms with Gasteiger partial charge in [-0.15, -0.1) is 0 Å². The molecule has 1 aromatic rings. The molecule has 1 aliphatic rings. The number of carbonyl (C=O) groups excluding carboxylic acids is 1. The van der Waals surface area contributed by atoms with E-state index in [-0.39, 0.29) is 11.9 Å². The van der Waals surface area contributed by atoms with Gasteiger partial charge in [0.1, 0.15) is 6.04 Å². The molecular formula is C11H15ClN4O. The van der Waals surface area contributed by atoms with E-state index in [9.17, 15) is 4.79 Å². The van der Waals surface area contributed by atoms with Crippen LogP contribution in [0.4, 0.5) is 11.4 Å². The number of rotatable bonds is 2. The summed E-state index contributed by atoms with van der Waals surface area (Å²) >= 11 is 6.10. The molecule has 1 fully saturated rings. The maximum absolute atomic E-state index is 11.4. The number of carbonyl (C=O) groups is 1. The van der Waals surface area contributed by atoms with Crippen LogP contribution >= 0.6 is 11.6 Å². The van der Waals surface area contributed by atoms with Crippen LogP contribution in [0.1, 0.15) is 19.3 Å². The van der Waals surface area contributed by atoms with E-state index in [0.717, 1.165) is 25.8 Å². The number of amides is 1. The summed E-state index contributed by atoms with van der Waals surface area (Å²) in [6, 6.07) is -0.328. The van der Waals surface area contributed by atoms with Gasteiger partial charge in [0.25, 0.3) is 0 Å². The van der Waals surface area contributed by atoms with E-state index < -0.39 is 0 Å². The molecule has 1 atom stereocenters.